The van der Waals surface area contributed by atoms with Crippen LogP contribution in [0.3, 0.4) is 0 Å². The second-order valence-electron chi connectivity index (χ2n) is 3.38. The predicted molar refractivity (Wildman–Crippen MR) is 67.2 cm³/mol. The minimum absolute atomic E-state index is 0.0762. The molecule has 0 saturated carbocycles. The lowest BCUT2D eigenvalue weighted by Gasteiger charge is -1.92. The Morgan fingerprint density at radius 3 is 2.65 bits per heavy atom. The summed E-state index contributed by atoms with van der Waals surface area (Å²) in [5.74, 6) is 0. The van der Waals surface area contributed by atoms with Crippen LogP contribution in [0.15, 0.2) is 34.6 Å². The zero-order chi connectivity index (χ0) is 12.3. The lowest BCUT2D eigenvalue weighted by Crippen LogP contribution is -1.88. The second kappa shape index (κ2) is 4.84. The number of aryl methyl sites for hydroxylation is 1. The molecule has 0 fully saturated rings. The standard InChI is InChI=1S/C11H9N3O2S/c1-8-7-17-11(13-8)12-6-9-2-4-10(5-3-9)14(15)16/h2-7H,1H3/b12-6+. The smallest absolute Gasteiger partial charge is 0.258 e. The molecule has 0 amide bonds. The van der Waals surface area contributed by atoms with Gasteiger partial charge in [-0.1, -0.05) is 0 Å². The number of rotatable bonds is 3. The lowest BCUT2D eigenvalue weighted by atomic mass is 10.2. The fourth-order valence-electron chi connectivity index (χ4n) is 1.21. The van der Waals surface area contributed by atoms with Gasteiger partial charge in [0.1, 0.15) is 0 Å². The molecular formula is C11H9N3O2S. The van der Waals surface area contributed by atoms with Crippen molar-refractivity contribution in [1.82, 2.24) is 4.98 Å². The Morgan fingerprint density at radius 1 is 1.41 bits per heavy atom. The maximum Gasteiger partial charge on any atom is 0.269 e. The van der Waals surface area contributed by atoms with Crippen LogP contribution in [0.5, 0.6) is 0 Å². The van der Waals surface area contributed by atoms with Crippen LogP contribution in [0.1, 0.15) is 11.3 Å². The van der Waals surface area contributed by atoms with Crippen molar-refractivity contribution in [3.05, 3.63) is 51.0 Å². The molecule has 6 heteroatoms. The first-order chi connectivity index (χ1) is 8.15. The lowest BCUT2D eigenvalue weighted by molar-refractivity contribution is -0.384. The normalized spacial score (nSPS) is 10.9. The number of non-ortho nitro benzene ring substituents is 1. The molecule has 0 saturated heterocycles. The van der Waals surface area contributed by atoms with Crippen LogP contribution in [0.25, 0.3) is 0 Å². The number of thiazole rings is 1. The molecule has 0 aliphatic carbocycles. The average molecular weight is 247 g/mol. The van der Waals surface area contributed by atoms with Gasteiger partial charge in [0.15, 0.2) is 0 Å². The van der Waals surface area contributed by atoms with E-state index in [1.165, 1.54) is 23.5 Å². The third-order valence-corrected chi connectivity index (χ3v) is 2.90. The van der Waals surface area contributed by atoms with E-state index in [1.807, 2.05) is 12.3 Å². The van der Waals surface area contributed by atoms with Crippen LogP contribution in [-0.2, 0) is 0 Å². The summed E-state index contributed by atoms with van der Waals surface area (Å²) in [6.07, 6.45) is 1.64. The molecular weight excluding hydrogens is 238 g/mol. The van der Waals surface area contributed by atoms with Crippen molar-refractivity contribution in [2.24, 2.45) is 4.99 Å². The highest BCUT2D eigenvalue weighted by molar-refractivity contribution is 7.13. The number of nitrogens with zero attached hydrogens (tertiary/aromatic N) is 3. The van der Waals surface area contributed by atoms with Crippen molar-refractivity contribution >= 4 is 28.4 Å². The second-order valence-corrected chi connectivity index (χ2v) is 4.21. The summed E-state index contributed by atoms with van der Waals surface area (Å²) in [6, 6.07) is 6.22. The molecule has 86 valence electrons. The number of nitro benzene ring substituents is 1. The van der Waals surface area contributed by atoms with Gasteiger partial charge in [0.05, 0.1) is 10.6 Å². The number of aromatic nitrogens is 1. The number of hydrogen-bond donors (Lipinski definition) is 0. The monoisotopic (exact) mass is 247 g/mol. The van der Waals surface area contributed by atoms with Crippen LogP contribution in [-0.4, -0.2) is 16.1 Å². The number of hydrogen-bond acceptors (Lipinski definition) is 5. The van der Waals surface area contributed by atoms with Gasteiger partial charge in [0.25, 0.3) is 5.69 Å². The first kappa shape index (κ1) is 11.4. The molecule has 0 bridgehead atoms. The zero-order valence-electron chi connectivity index (χ0n) is 9.03. The molecule has 0 spiro atoms. The van der Waals surface area contributed by atoms with E-state index in [1.54, 1.807) is 18.3 Å². The fraction of sp³-hybridized carbons (Fsp3) is 0.0909. The van der Waals surface area contributed by atoms with Crippen LogP contribution in [0.2, 0.25) is 0 Å². The highest BCUT2D eigenvalue weighted by Crippen LogP contribution is 2.18. The number of aliphatic imine (C=N–C) groups is 1. The molecule has 0 N–H and O–H groups in total. The summed E-state index contributed by atoms with van der Waals surface area (Å²) in [5.41, 5.74) is 1.82. The molecule has 0 aliphatic heterocycles. The van der Waals surface area contributed by atoms with E-state index in [2.05, 4.69) is 9.98 Å². The molecule has 0 aliphatic rings. The number of nitro groups is 1. The third-order valence-electron chi connectivity index (χ3n) is 2.03. The van der Waals surface area contributed by atoms with Crippen molar-refractivity contribution in [1.29, 1.82) is 0 Å². The van der Waals surface area contributed by atoms with Gasteiger partial charge in [-0.3, -0.25) is 10.1 Å². The Kier molecular flexibility index (Phi) is 3.24. The van der Waals surface area contributed by atoms with E-state index in [9.17, 15) is 10.1 Å². The Hall–Kier alpha value is -2.08. The summed E-state index contributed by atoms with van der Waals surface area (Å²) < 4.78 is 0. The molecule has 0 atom stereocenters. The quantitative estimate of drug-likeness (QED) is 0.475. The van der Waals surface area contributed by atoms with Crippen LogP contribution >= 0.6 is 11.3 Å². The Morgan fingerprint density at radius 2 is 2.12 bits per heavy atom. The summed E-state index contributed by atoms with van der Waals surface area (Å²) in [4.78, 5) is 18.4. The topological polar surface area (TPSA) is 68.4 Å². The molecule has 0 unspecified atom stereocenters. The van der Waals surface area contributed by atoms with E-state index >= 15 is 0 Å². The van der Waals surface area contributed by atoms with Crippen LogP contribution in [0, 0.1) is 17.0 Å². The van der Waals surface area contributed by atoms with Gasteiger partial charge in [-0.15, -0.1) is 11.3 Å². The van der Waals surface area contributed by atoms with E-state index < -0.39 is 4.92 Å². The Bertz CT molecular complexity index is 560. The fourth-order valence-corrected chi connectivity index (χ4v) is 1.85. The van der Waals surface area contributed by atoms with Gasteiger partial charge in [0, 0.05) is 23.7 Å². The molecule has 2 aromatic rings. The highest BCUT2D eigenvalue weighted by Gasteiger charge is 2.02. The van der Waals surface area contributed by atoms with E-state index in [0.717, 1.165) is 11.3 Å². The first-order valence-electron chi connectivity index (χ1n) is 4.86. The third kappa shape index (κ3) is 2.94. The average Bonchev–Trinajstić information content (AvgIpc) is 2.73. The van der Waals surface area contributed by atoms with Crippen molar-refractivity contribution < 1.29 is 4.92 Å². The maximum atomic E-state index is 10.5. The number of benzene rings is 1. The van der Waals surface area contributed by atoms with Gasteiger partial charge < -0.3 is 0 Å². The molecule has 1 heterocycles. The largest absolute Gasteiger partial charge is 0.269 e. The van der Waals surface area contributed by atoms with Crippen molar-refractivity contribution in [2.75, 3.05) is 0 Å². The summed E-state index contributed by atoms with van der Waals surface area (Å²) in [7, 11) is 0. The van der Waals surface area contributed by atoms with Crippen molar-refractivity contribution in [3.63, 3.8) is 0 Å². The Balaban J connectivity index is 2.13. The minimum atomic E-state index is -0.425. The first-order valence-corrected chi connectivity index (χ1v) is 5.74. The van der Waals surface area contributed by atoms with Gasteiger partial charge in [-0.05, 0) is 24.6 Å². The Labute approximate surface area is 102 Å². The van der Waals surface area contributed by atoms with Crippen LogP contribution in [0.4, 0.5) is 10.8 Å². The summed E-state index contributed by atoms with van der Waals surface area (Å²) in [5, 5.41) is 13.1. The van der Waals surface area contributed by atoms with Gasteiger partial charge >= 0.3 is 0 Å². The molecule has 1 aromatic carbocycles. The minimum Gasteiger partial charge on any atom is -0.258 e. The van der Waals surface area contributed by atoms with Gasteiger partial charge in [-0.25, -0.2) is 9.98 Å². The van der Waals surface area contributed by atoms with Gasteiger partial charge in [-0.2, -0.15) is 0 Å². The van der Waals surface area contributed by atoms with E-state index in [4.69, 9.17) is 0 Å². The molecule has 1 aromatic heterocycles. The van der Waals surface area contributed by atoms with Crippen molar-refractivity contribution in [3.8, 4) is 0 Å². The SMILES string of the molecule is Cc1csc(/N=C/c2ccc([N+](=O)[O-])cc2)n1. The summed E-state index contributed by atoms with van der Waals surface area (Å²) >= 11 is 1.46. The maximum absolute atomic E-state index is 10.5. The highest BCUT2D eigenvalue weighted by atomic mass is 32.1. The van der Waals surface area contributed by atoms with E-state index in [0.29, 0.717) is 5.13 Å². The predicted octanol–water partition coefficient (Wildman–Crippen LogP) is 3.11. The van der Waals surface area contributed by atoms with Crippen molar-refractivity contribution in [2.45, 2.75) is 6.92 Å². The van der Waals surface area contributed by atoms with Gasteiger partial charge in [0.2, 0.25) is 5.13 Å². The van der Waals surface area contributed by atoms with Crippen LogP contribution < -0.4 is 0 Å². The summed E-state index contributed by atoms with van der Waals surface area (Å²) in [6.45, 7) is 1.90. The molecule has 0 radical (unpaired) electrons. The molecule has 5 nitrogen and oxygen atoms in total. The zero-order valence-corrected chi connectivity index (χ0v) is 9.85. The molecule has 17 heavy (non-hydrogen) atoms. The molecule has 2 rings (SSSR count). The van der Waals surface area contributed by atoms with E-state index in [-0.39, 0.29) is 5.69 Å².